The van der Waals surface area contributed by atoms with Crippen molar-refractivity contribution in [2.24, 2.45) is 11.3 Å². The number of rotatable bonds is 5. The molecule has 3 rings (SSSR count). The smallest absolute Gasteiger partial charge is 0.325 e. The lowest BCUT2D eigenvalue weighted by Crippen LogP contribution is -2.54. The van der Waals surface area contributed by atoms with Crippen molar-refractivity contribution >= 4 is 17.8 Å². The van der Waals surface area contributed by atoms with Crippen LogP contribution < -0.4 is 10.6 Å². The molecule has 3 atom stereocenters. The maximum atomic E-state index is 13.2. The molecule has 2 fully saturated rings. The van der Waals surface area contributed by atoms with Gasteiger partial charge in [-0.1, -0.05) is 58.9 Å². The van der Waals surface area contributed by atoms with Gasteiger partial charge in [0.25, 0.3) is 5.91 Å². The number of imide groups is 1. The fourth-order valence-corrected chi connectivity index (χ4v) is 5.33. The Hall–Kier alpha value is -2.37. The molecular weight excluding hydrogens is 378 g/mol. The van der Waals surface area contributed by atoms with Crippen LogP contribution in [0.3, 0.4) is 0 Å². The summed E-state index contributed by atoms with van der Waals surface area (Å²) in [6.07, 6.45) is 2.24. The molecule has 1 aromatic carbocycles. The average molecular weight is 414 g/mol. The van der Waals surface area contributed by atoms with Gasteiger partial charge in [0.1, 0.15) is 12.1 Å². The lowest BCUT2D eigenvalue weighted by molar-refractivity contribution is -0.137. The Labute approximate surface area is 179 Å². The monoisotopic (exact) mass is 413 g/mol. The van der Waals surface area contributed by atoms with E-state index in [1.165, 1.54) is 5.56 Å². The number of hydrogen-bond donors (Lipinski definition) is 2. The predicted molar refractivity (Wildman–Crippen MR) is 117 cm³/mol. The summed E-state index contributed by atoms with van der Waals surface area (Å²) in [5, 5.41) is 5.84. The van der Waals surface area contributed by atoms with Gasteiger partial charge in [0.15, 0.2) is 0 Å². The molecule has 1 aliphatic carbocycles. The third-order valence-corrected chi connectivity index (χ3v) is 6.41. The van der Waals surface area contributed by atoms with Crippen molar-refractivity contribution in [2.75, 3.05) is 6.54 Å². The van der Waals surface area contributed by atoms with E-state index < -0.39 is 11.6 Å². The van der Waals surface area contributed by atoms with E-state index >= 15 is 0 Å². The van der Waals surface area contributed by atoms with E-state index in [0.717, 1.165) is 16.9 Å². The second-order valence-electron chi connectivity index (χ2n) is 10.4. The predicted octanol–water partition coefficient (Wildman–Crippen LogP) is 4.12. The first kappa shape index (κ1) is 22.3. The molecule has 2 aliphatic rings. The molecule has 1 aromatic rings. The van der Waals surface area contributed by atoms with E-state index in [0.29, 0.717) is 24.7 Å². The molecule has 6 heteroatoms. The largest absolute Gasteiger partial charge is 0.348 e. The molecule has 1 saturated carbocycles. The van der Waals surface area contributed by atoms with Crippen LogP contribution in [0.2, 0.25) is 0 Å². The van der Waals surface area contributed by atoms with Gasteiger partial charge in [0.2, 0.25) is 5.91 Å². The zero-order chi connectivity index (χ0) is 22.3. The Bertz CT molecular complexity index is 831. The summed E-state index contributed by atoms with van der Waals surface area (Å²) in [6, 6.07) is 7.48. The maximum absolute atomic E-state index is 13.2. The van der Waals surface area contributed by atoms with Crippen LogP contribution in [-0.4, -0.2) is 34.8 Å². The number of carbonyl (C=O) groups is 3. The van der Waals surface area contributed by atoms with Crippen molar-refractivity contribution in [3.63, 3.8) is 0 Å². The number of nitrogens with one attached hydrogen (secondary N) is 2. The highest BCUT2D eigenvalue weighted by Crippen LogP contribution is 2.46. The van der Waals surface area contributed by atoms with E-state index in [1.54, 1.807) is 0 Å². The first-order valence-electron chi connectivity index (χ1n) is 11.0. The topological polar surface area (TPSA) is 78.5 Å². The van der Waals surface area contributed by atoms with Gasteiger partial charge in [-0.15, -0.1) is 0 Å². The van der Waals surface area contributed by atoms with E-state index in [4.69, 9.17) is 0 Å². The van der Waals surface area contributed by atoms with Crippen LogP contribution in [0, 0.1) is 11.3 Å². The number of amides is 4. The highest BCUT2D eigenvalue weighted by atomic mass is 16.2. The SMILES string of the molecule is CC(C)c1ccc([C@H](C)NC(=O)CN2C(=O)N[C@@]3(C[C@@H](C)CC(C)(C)C3)C2=O)cc1. The van der Waals surface area contributed by atoms with Crippen LogP contribution in [0.1, 0.15) is 83.9 Å². The Morgan fingerprint density at radius 3 is 2.30 bits per heavy atom. The van der Waals surface area contributed by atoms with Crippen molar-refractivity contribution in [3.05, 3.63) is 35.4 Å². The molecule has 6 nitrogen and oxygen atoms in total. The van der Waals surface area contributed by atoms with Crippen LogP contribution in [0.25, 0.3) is 0 Å². The fourth-order valence-electron chi connectivity index (χ4n) is 5.33. The van der Waals surface area contributed by atoms with Gasteiger partial charge in [-0.25, -0.2) is 4.79 Å². The van der Waals surface area contributed by atoms with Gasteiger partial charge >= 0.3 is 6.03 Å². The standard InChI is InChI=1S/C24H35N3O3/c1-15(2)18-7-9-19(10-8-18)17(4)25-20(28)13-27-21(29)24(26-22(27)30)12-16(3)11-23(5,6)14-24/h7-10,15-17H,11-14H2,1-6H3,(H,25,28)(H,26,30)/t16-,17-,24+/m0/s1. The number of hydrogen-bond acceptors (Lipinski definition) is 3. The van der Waals surface area contributed by atoms with Crippen LogP contribution >= 0.6 is 0 Å². The molecule has 1 heterocycles. The Balaban J connectivity index is 1.65. The van der Waals surface area contributed by atoms with Crippen molar-refractivity contribution in [1.82, 2.24) is 15.5 Å². The summed E-state index contributed by atoms with van der Waals surface area (Å²) in [4.78, 5) is 39.5. The lowest BCUT2D eigenvalue weighted by atomic mass is 9.64. The molecule has 0 aromatic heterocycles. The molecule has 1 spiro atoms. The third-order valence-electron chi connectivity index (χ3n) is 6.41. The van der Waals surface area contributed by atoms with Crippen LogP contribution in [-0.2, 0) is 9.59 Å². The van der Waals surface area contributed by atoms with E-state index in [2.05, 4.69) is 57.4 Å². The molecule has 2 N–H and O–H groups in total. The van der Waals surface area contributed by atoms with Crippen molar-refractivity contribution in [3.8, 4) is 0 Å². The second-order valence-corrected chi connectivity index (χ2v) is 10.4. The summed E-state index contributed by atoms with van der Waals surface area (Å²) < 4.78 is 0. The number of carbonyl (C=O) groups excluding carboxylic acids is 3. The van der Waals surface area contributed by atoms with Crippen LogP contribution in [0.5, 0.6) is 0 Å². The first-order chi connectivity index (χ1) is 13.9. The summed E-state index contributed by atoms with van der Waals surface area (Å²) in [5.74, 6) is 0.180. The van der Waals surface area contributed by atoms with Gasteiger partial charge in [0, 0.05) is 0 Å². The van der Waals surface area contributed by atoms with Gasteiger partial charge in [0.05, 0.1) is 6.04 Å². The minimum absolute atomic E-state index is 0.0322. The number of benzene rings is 1. The van der Waals surface area contributed by atoms with Gasteiger partial charge in [-0.2, -0.15) is 0 Å². The zero-order valence-electron chi connectivity index (χ0n) is 19.0. The lowest BCUT2D eigenvalue weighted by Gasteiger charge is -2.43. The van der Waals surface area contributed by atoms with Crippen molar-refractivity contribution in [2.45, 2.75) is 78.3 Å². The summed E-state index contributed by atoms with van der Waals surface area (Å²) in [6.45, 7) is 12.3. The molecule has 164 valence electrons. The van der Waals surface area contributed by atoms with Crippen LogP contribution in [0.15, 0.2) is 24.3 Å². The summed E-state index contributed by atoms with van der Waals surface area (Å²) in [7, 11) is 0. The molecule has 0 bridgehead atoms. The summed E-state index contributed by atoms with van der Waals surface area (Å²) >= 11 is 0. The average Bonchev–Trinajstić information content (AvgIpc) is 2.83. The maximum Gasteiger partial charge on any atom is 0.325 e. The summed E-state index contributed by atoms with van der Waals surface area (Å²) in [5.41, 5.74) is 1.32. The molecule has 4 amide bonds. The second kappa shape index (κ2) is 8.05. The Kier molecular flexibility index (Phi) is 5.99. The molecule has 1 saturated heterocycles. The number of nitrogens with zero attached hydrogens (tertiary/aromatic N) is 1. The molecule has 0 unspecified atom stereocenters. The van der Waals surface area contributed by atoms with E-state index in [-0.39, 0.29) is 29.8 Å². The molecule has 30 heavy (non-hydrogen) atoms. The zero-order valence-corrected chi connectivity index (χ0v) is 19.0. The minimum atomic E-state index is -0.878. The quantitative estimate of drug-likeness (QED) is 0.713. The normalized spacial score (nSPS) is 26.8. The molecular formula is C24H35N3O3. The first-order valence-corrected chi connectivity index (χ1v) is 11.0. The fraction of sp³-hybridized carbons (Fsp3) is 0.625. The Morgan fingerprint density at radius 1 is 1.13 bits per heavy atom. The Morgan fingerprint density at radius 2 is 1.73 bits per heavy atom. The number of urea groups is 1. The molecule has 0 radical (unpaired) electrons. The van der Waals surface area contributed by atoms with Crippen molar-refractivity contribution < 1.29 is 14.4 Å². The highest BCUT2D eigenvalue weighted by molar-refractivity contribution is 6.09. The van der Waals surface area contributed by atoms with Crippen molar-refractivity contribution in [1.29, 1.82) is 0 Å². The minimum Gasteiger partial charge on any atom is -0.348 e. The van der Waals surface area contributed by atoms with E-state index in [9.17, 15) is 14.4 Å². The van der Waals surface area contributed by atoms with Gasteiger partial charge in [-0.3, -0.25) is 14.5 Å². The third kappa shape index (κ3) is 4.52. The molecule has 1 aliphatic heterocycles. The van der Waals surface area contributed by atoms with Gasteiger partial charge < -0.3 is 10.6 Å². The van der Waals surface area contributed by atoms with E-state index in [1.807, 2.05) is 19.1 Å². The van der Waals surface area contributed by atoms with Gasteiger partial charge in [-0.05, 0) is 54.6 Å². The van der Waals surface area contributed by atoms with Crippen LogP contribution in [0.4, 0.5) is 4.79 Å². The highest BCUT2D eigenvalue weighted by Gasteiger charge is 2.56.